The summed E-state index contributed by atoms with van der Waals surface area (Å²) in [6, 6.07) is 52.7. The van der Waals surface area contributed by atoms with E-state index >= 15 is 0 Å². The molecule has 234 valence electrons. The lowest BCUT2D eigenvalue weighted by atomic mass is 9.94. The Morgan fingerprint density at radius 2 is 1.12 bits per heavy atom. The van der Waals surface area contributed by atoms with Gasteiger partial charge in [0.25, 0.3) is 0 Å². The van der Waals surface area contributed by atoms with Gasteiger partial charge in [-0.05, 0) is 47.5 Å². The van der Waals surface area contributed by atoms with Gasteiger partial charge in [-0.2, -0.15) is 0 Å². The van der Waals surface area contributed by atoms with E-state index in [9.17, 15) is 0 Å². The van der Waals surface area contributed by atoms with Gasteiger partial charge in [-0.3, -0.25) is 4.98 Å². The van der Waals surface area contributed by atoms with Crippen molar-refractivity contribution in [1.29, 1.82) is 0 Å². The fraction of sp³-hybridized carbons (Fsp3) is 0. The highest BCUT2D eigenvalue weighted by Crippen LogP contribution is 2.46. The van der Waals surface area contributed by atoms with Gasteiger partial charge in [-0.1, -0.05) is 115 Å². The van der Waals surface area contributed by atoms with Crippen LogP contribution in [0.25, 0.3) is 98.3 Å². The first-order chi connectivity index (χ1) is 24.8. The van der Waals surface area contributed by atoms with Gasteiger partial charge in [-0.25, -0.2) is 9.97 Å². The summed E-state index contributed by atoms with van der Waals surface area (Å²) in [4.78, 5) is 14.7. The van der Waals surface area contributed by atoms with Crippen molar-refractivity contribution in [3.05, 3.63) is 164 Å². The van der Waals surface area contributed by atoms with Crippen LogP contribution in [0.3, 0.4) is 0 Å². The van der Waals surface area contributed by atoms with Crippen molar-refractivity contribution < 1.29 is 4.42 Å². The number of pyridine rings is 1. The first kappa shape index (κ1) is 28.6. The van der Waals surface area contributed by atoms with Crippen LogP contribution in [-0.2, 0) is 0 Å². The maximum absolute atomic E-state index is 6.79. The number of hydrogen-bond acceptors (Lipinski definition) is 5. The summed E-state index contributed by atoms with van der Waals surface area (Å²) >= 11 is 1.83. The van der Waals surface area contributed by atoms with Gasteiger partial charge in [0, 0.05) is 71.2 Å². The second kappa shape index (κ2) is 11.6. The molecule has 0 radical (unpaired) electrons. The molecule has 0 amide bonds. The van der Waals surface area contributed by atoms with Crippen molar-refractivity contribution in [2.75, 3.05) is 0 Å². The number of thiophene rings is 1. The third kappa shape index (κ3) is 4.63. The maximum Gasteiger partial charge on any atom is 0.160 e. The number of hydrogen-bond donors (Lipinski definition) is 0. The predicted molar refractivity (Wildman–Crippen MR) is 207 cm³/mol. The lowest BCUT2D eigenvalue weighted by Gasteiger charge is -2.14. The SMILES string of the molecule is c1ccc(-c2nc(-c3ccccc3-c3ccncc3)cc(-c3ccc(-c4cccc5c4sc4ccccc45)c4oc5ccccc5c34)n2)cc1. The molecule has 4 nitrogen and oxygen atoms in total. The van der Waals surface area contributed by atoms with Crippen LogP contribution >= 0.6 is 11.3 Å². The number of rotatable bonds is 5. The molecule has 10 aromatic rings. The fourth-order valence-electron chi connectivity index (χ4n) is 7.14. The molecule has 0 spiro atoms. The van der Waals surface area contributed by atoms with Crippen LogP contribution in [0.1, 0.15) is 0 Å². The van der Waals surface area contributed by atoms with Gasteiger partial charge in [0.2, 0.25) is 0 Å². The molecule has 10 rings (SSSR count). The van der Waals surface area contributed by atoms with Gasteiger partial charge < -0.3 is 4.42 Å². The van der Waals surface area contributed by atoms with Crippen LogP contribution < -0.4 is 0 Å². The largest absolute Gasteiger partial charge is 0.455 e. The quantitative estimate of drug-likeness (QED) is 0.185. The van der Waals surface area contributed by atoms with E-state index in [4.69, 9.17) is 14.4 Å². The summed E-state index contributed by atoms with van der Waals surface area (Å²) in [6.45, 7) is 0. The molecular formula is C45H27N3OS. The van der Waals surface area contributed by atoms with Crippen molar-refractivity contribution in [3.63, 3.8) is 0 Å². The highest BCUT2D eigenvalue weighted by molar-refractivity contribution is 7.26. The standard InChI is InChI=1S/C45H27N3OS/c1-2-11-29(12-3-1)45-47-38(31-14-5-4-13-30(31)28-23-25-46-26-24-28)27-39(48-45)36-22-21-33(43-42(36)37-16-6-8-19-40(37)49-43)35-18-10-17-34-32-15-7-9-20-41(32)50-44(34)35/h1-27H. The van der Waals surface area contributed by atoms with E-state index in [2.05, 4.69) is 120 Å². The van der Waals surface area contributed by atoms with Gasteiger partial charge >= 0.3 is 0 Å². The van der Waals surface area contributed by atoms with Crippen molar-refractivity contribution in [2.45, 2.75) is 0 Å². The zero-order valence-corrected chi connectivity index (χ0v) is 27.6. The topological polar surface area (TPSA) is 51.8 Å². The number of nitrogens with zero attached hydrogens (tertiary/aromatic N) is 3. The molecule has 0 atom stereocenters. The smallest absolute Gasteiger partial charge is 0.160 e. The average Bonchev–Trinajstić information content (AvgIpc) is 3.77. The molecule has 0 N–H and O–H groups in total. The molecule has 5 heteroatoms. The zero-order chi connectivity index (χ0) is 33.0. The van der Waals surface area contributed by atoms with E-state index in [1.807, 2.05) is 60.1 Å². The Kier molecular flexibility index (Phi) is 6.64. The zero-order valence-electron chi connectivity index (χ0n) is 26.7. The minimum atomic E-state index is 0.669. The molecule has 4 aromatic heterocycles. The minimum Gasteiger partial charge on any atom is -0.455 e. The molecule has 0 aliphatic carbocycles. The van der Waals surface area contributed by atoms with Crippen molar-refractivity contribution in [1.82, 2.24) is 15.0 Å². The van der Waals surface area contributed by atoms with Gasteiger partial charge in [0.05, 0.1) is 11.4 Å². The Morgan fingerprint density at radius 3 is 1.98 bits per heavy atom. The molecule has 0 saturated heterocycles. The normalized spacial score (nSPS) is 11.6. The highest BCUT2D eigenvalue weighted by atomic mass is 32.1. The number of furan rings is 1. The molecule has 0 aliphatic heterocycles. The van der Waals surface area contributed by atoms with Crippen LogP contribution in [0, 0.1) is 0 Å². The Balaban J connectivity index is 1.25. The second-order valence-corrected chi connectivity index (χ2v) is 13.4. The average molecular weight is 658 g/mol. The summed E-state index contributed by atoms with van der Waals surface area (Å²) < 4.78 is 9.32. The van der Waals surface area contributed by atoms with Gasteiger partial charge in [0.1, 0.15) is 11.2 Å². The summed E-state index contributed by atoms with van der Waals surface area (Å²) in [5, 5.41) is 4.64. The summed E-state index contributed by atoms with van der Waals surface area (Å²) in [7, 11) is 0. The van der Waals surface area contributed by atoms with E-state index in [1.54, 1.807) is 0 Å². The molecule has 0 fully saturated rings. The van der Waals surface area contributed by atoms with E-state index < -0.39 is 0 Å². The molecule has 0 aliphatic rings. The molecule has 0 unspecified atom stereocenters. The molecule has 50 heavy (non-hydrogen) atoms. The lowest BCUT2D eigenvalue weighted by molar-refractivity contribution is 0.670. The number of fused-ring (bicyclic) bond motifs is 6. The van der Waals surface area contributed by atoms with Crippen molar-refractivity contribution >= 4 is 53.4 Å². The van der Waals surface area contributed by atoms with E-state index in [0.29, 0.717) is 5.82 Å². The Bertz CT molecular complexity index is 2870. The number of benzene rings is 6. The van der Waals surface area contributed by atoms with Crippen LogP contribution in [0.5, 0.6) is 0 Å². The van der Waals surface area contributed by atoms with Crippen molar-refractivity contribution in [2.24, 2.45) is 0 Å². The van der Waals surface area contributed by atoms with Crippen LogP contribution in [0.15, 0.2) is 168 Å². The number of para-hydroxylation sites is 1. The molecule has 6 aromatic carbocycles. The minimum absolute atomic E-state index is 0.669. The molecule has 4 heterocycles. The van der Waals surface area contributed by atoms with E-state index in [0.717, 1.165) is 66.7 Å². The summed E-state index contributed by atoms with van der Waals surface area (Å²) in [6.07, 6.45) is 3.66. The maximum atomic E-state index is 6.79. The molecular weight excluding hydrogens is 631 g/mol. The first-order valence-corrected chi connectivity index (χ1v) is 17.4. The third-order valence-corrected chi connectivity index (χ3v) is 10.7. The third-order valence-electron chi connectivity index (χ3n) is 9.45. The fourth-order valence-corrected chi connectivity index (χ4v) is 8.37. The highest BCUT2D eigenvalue weighted by Gasteiger charge is 2.22. The monoisotopic (exact) mass is 657 g/mol. The van der Waals surface area contributed by atoms with Crippen LogP contribution in [-0.4, -0.2) is 15.0 Å². The lowest BCUT2D eigenvalue weighted by Crippen LogP contribution is -1.97. The Hall–Kier alpha value is -6.43. The summed E-state index contributed by atoms with van der Waals surface area (Å²) in [5.41, 5.74) is 10.8. The number of aromatic nitrogens is 3. The van der Waals surface area contributed by atoms with Crippen molar-refractivity contribution in [3.8, 4) is 56.2 Å². The summed E-state index contributed by atoms with van der Waals surface area (Å²) in [5.74, 6) is 0.669. The first-order valence-electron chi connectivity index (χ1n) is 16.6. The predicted octanol–water partition coefficient (Wildman–Crippen LogP) is 12.5. The second-order valence-electron chi connectivity index (χ2n) is 12.4. The Labute approximate surface area is 292 Å². The van der Waals surface area contributed by atoms with Gasteiger partial charge in [0.15, 0.2) is 5.82 Å². The van der Waals surface area contributed by atoms with Gasteiger partial charge in [-0.15, -0.1) is 11.3 Å². The van der Waals surface area contributed by atoms with E-state index in [1.165, 1.54) is 25.7 Å². The van der Waals surface area contributed by atoms with Crippen LogP contribution in [0.2, 0.25) is 0 Å². The molecule has 0 bridgehead atoms. The Morgan fingerprint density at radius 1 is 0.460 bits per heavy atom. The van der Waals surface area contributed by atoms with E-state index in [-0.39, 0.29) is 0 Å². The van der Waals surface area contributed by atoms with Crippen LogP contribution in [0.4, 0.5) is 0 Å². The molecule has 0 saturated carbocycles.